The molecule has 1 saturated heterocycles. The zero-order chi connectivity index (χ0) is 30.3. The van der Waals surface area contributed by atoms with Gasteiger partial charge in [-0.1, -0.05) is 107 Å². The maximum absolute atomic E-state index is 11.3. The average Bonchev–Trinajstić information content (AvgIpc) is 2.80. The molecule has 1 fully saturated rings. The SMILES string of the molecule is CC(C)(C)c1cc(CN[C@H]2NCCC[C@@H]2NCc2cc(C(C)(C)C)cc(C(C)(C)C)c2O)c(O)c(C(C)(C)C)c1. The van der Waals surface area contributed by atoms with E-state index in [0.29, 0.717) is 24.6 Å². The summed E-state index contributed by atoms with van der Waals surface area (Å²) in [5.41, 5.74) is 6.05. The number of hydrogen-bond acceptors (Lipinski definition) is 5. The molecule has 0 aromatic heterocycles. The van der Waals surface area contributed by atoms with Gasteiger partial charge in [0.15, 0.2) is 0 Å². The van der Waals surface area contributed by atoms with Gasteiger partial charge >= 0.3 is 0 Å². The van der Waals surface area contributed by atoms with Gasteiger partial charge in [-0.2, -0.15) is 0 Å². The lowest BCUT2D eigenvalue weighted by molar-refractivity contribution is 0.257. The van der Waals surface area contributed by atoms with Crippen molar-refractivity contribution in [2.24, 2.45) is 0 Å². The average molecular weight is 552 g/mol. The Hall–Kier alpha value is -2.08. The Bertz CT molecular complexity index is 1080. The van der Waals surface area contributed by atoms with Gasteiger partial charge in [0.1, 0.15) is 11.5 Å². The molecule has 0 unspecified atom stereocenters. The van der Waals surface area contributed by atoms with Crippen molar-refractivity contribution >= 4 is 0 Å². The van der Waals surface area contributed by atoms with Crippen molar-refractivity contribution in [2.75, 3.05) is 6.54 Å². The molecule has 1 heterocycles. The summed E-state index contributed by atoms with van der Waals surface area (Å²) in [5, 5.41) is 33.7. The standard InChI is InChI=1S/C35H57N3O2/c1-32(2,3)24-16-22(29(39)26(18-24)34(7,8)9)20-37-28-14-13-15-36-31(28)38-21-23-17-25(33(4,5)6)19-27(30(23)40)35(10,11)12/h16-19,28,31,36-40H,13-15,20-21H2,1-12H3/t28-,31+/m0/s1. The lowest BCUT2D eigenvalue weighted by Gasteiger charge is -2.35. The van der Waals surface area contributed by atoms with Crippen molar-refractivity contribution in [3.8, 4) is 11.5 Å². The van der Waals surface area contributed by atoms with E-state index in [4.69, 9.17) is 0 Å². The van der Waals surface area contributed by atoms with E-state index < -0.39 is 0 Å². The molecule has 1 aliphatic rings. The summed E-state index contributed by atoms with van der Waals surface area (Å²) in [4.78, 5) is 0. The third-order valence-electron chi connectivity index (χ3n) is 8.25. The highest BCUT2D eigenvalue weighted by atomic mass is 16.3. The van der Waals surface area contributed by atoms with Gasteiger partial charge in [-0.05, 0) is 63.3 Å². The molecule has 5 nitrogen and oxygen atoms in total. The van der Waals surface area contributed by atoms with Crippen LogP contribution >= 0.6 is 0 Å². The summed E-state index contributed by atoms with van der Waals surface area (Å²) < 4.78 is 0. The van der Waals surface area contributed by atoms with Crippen LogP contribution in [0.2, 0.25) is 0 Å². The molecule has 2 aromatic rings. The largest absolute Gasteiger partial charge is 0.507 e. The summed E-state index contributed by atoms with van der Waals surface area (Å²) >= 11 is 0. The second-order valence-electron chi connectivity index (χ2n) is 16.0. The van der Waals surface area contributed by atoms with Crippen molar-refractivity contribution in [1.29, 1.82) is 0 Å². The van der Waals surface area contributed by atoms with E-state index in [1.807, 2.05) is 0 Å². The van der Waals surface area contributed by atoms with Gasteiger partial charge in [-0.15, -0.1) is 0 Å². The van der Waals surface area contributed by atoms with Gasteiger partial charge in [0.25, 0.3) is 0 Å². The molecule has 0 radical (unpaired) electrons. The number of rotatable bonds is 6. The Balaban J connectivity index is 1.84. The minimum Gasteiger partial charge on any atom is -0.507 e. The van der Waals surface area contributed by atoms with Crippen molar-refractivity contribution in [2.45, 2.75) is 143 Å². The second kappa shape index (κ2) is 11.7. The highest BCUT2D eigenvalue weighted by molar-refractivity contribution is 5.50. The molecule has 0 bridgehead atoms. The summed E-state index contributed by atoms with van der Waals surface area (Å²) in [5.74, 6) is 0.798. The Morgan fingerprint density at radius 2 is 1.07 bits per heavy atom. The Morgan fingerprint density at radius 3 is 1.48 bits per heavy atom. The van der Waals surface area contributed by atoms with Crippen LogP contribution in [-0.4, -0.2) is 29.0 Å². The molecule has 0 amide bonds. The molecular weight excluding hydrogens is 494 g/mol. The van der Waals surface area contributed by atoms with Crippen molar-refractivity contribution in [3.63, 3.8) is 0 Å². The Kier molecular flexibility index (Phi) is 9.45. The molecule has 3 rings (SSSR count). The minimum atomic E-state index is -0.150. The maximum Gasteiger partial charge on any atom is 0.123 e. The zero-order valence-electron chi connectivity index (χ0n) is 27.4. The zero-order valence-corrected chi connectivity index (χ0v) is 27.4. The molecule has 2 aromatic carbocycles. The molecule has 5 heteroatoms. The molecule has 0 aliphatic carbocycles. The number of nitrogens with one attached hydrogen (secondary N) is 3. The van der Waals surface area contributed by atoms with E-state index in [9.17, 15) is 10.2 Å². The number of aromatic hydroxyl groups is 2. The van der Waals surface area contributed by atoms with Crippen LogP contribution in [0.15, 0.2) is 24.3 Å². The number of hydrogen-bond donors (Lipinski definition) is 5. The summed E-state index contributed by atoms with van der Waals surface area (Å²) in [6.07, 6.45) is 2.19. The first-order chi connectivity index (χ1) is 18.2. The van der Waals surface area contributed by atoms with E-state index in [2.05, 4.69) is 123 Å². The molecule has 0 spiro atoms. The van der Waals surface area contributed by atoms with Gasteiger partial charge < -0.3 is 20.8 Å². The Labute approximate surface area is 244 Å². The number of piperidine rings is 1. The summed E-state index contributed by atoms with van der Waals surface area (Å²) in [6.45, 7) is 28.4. The monoisotopic (exact) mass is 551 g/mol. The number of benzene rings is 2. The van der Waals surface area contributed by atoms with Gasteiger partial charge in [0.2, 0.25) is 0 Å². The molecule has 2 atom stereocenters. The van der Waals surface area contributed by atoms with E-state index in [0.717, 1.165) is 41.6 Å². The predicted octanol–water partition coefficient (Wildman–Crippen LogP) is 7.25. The minimum absolute atomic E-state index is 0.00552. The topological polar surface area (TPSA) is 76.5 Å². The third-order valence-corrected chi connectivity index (χ3v) is 8.25. The first-order valence-corrected chi connectivity index (χ1v) is 15.1. The maximum atomic E-state index is 11.3. The fourth-order valence-electron chi connectivity index (χ4n) is 5.45. The molecule has 1 aliphatic heterocycles. The number of phenolic OH excluding ortho intramolecular Hbond substituents is 2. The smallest absolute Gasteiger partial charge is 0.123 e. The van der Waals surface area contributed by atoms with Crippen molar-refractivity contribution < 1.29 is 10.2 Å². The molecule has 224 valence electrons. The molecular formula is C35H57N3O2. The molecule has 5 N–H and O–H groups in total. The lowest BCUT2D eigenvalue weighted by atomic mass is 9.79. The lowest BCUT2D eigenvalue weighted by Crippen LogP contribution is -2.58. The predicted molar refractivity (Wildman–Crippen MR) is 170 cm³/mol. The van der Waals surface area contributed by atoms with Crippen LogP contribution in [0.25, 0.3) is 0 Å². The van der Waals surface area contributed by atoms with Gasteiger partial charge in [-0.25, -0.2) is 0 Å². The van der Waals surface area contributed by atoms with Crippen LogP contribution < -0.4 is 16.0 Å². The Morgan fingerprint density at radius 1 is 0.650 bits per heavy atom. The van der Waals surface area contributed by atoms with Crippen molar-refractivity contribution in [1.82, 2.24) is 16.0 Å². The third kappa shape index (κ3) is 7.80. The van der Waals surface area contributed by atoms with Gasteiger partial charge in [-0.3, -0.25) is 5.32 Å². The van der Waals surface area contributed by atoms with Crippen LogP contribution in [0, 0.1) is 0 Å². The van der Waals surface area contributed by atoms with E-state index in [1.54, 1.807) is 0 Å². The van der Waals surface area contributed by atoms with Crippen LogP contribution in [0.5, 0.6) is 11.5 Å². The van der Waals surface area contributed by atoms with Crippen LogP contribution in [0.1, 0.15) is 129 Å². The van der Waals surface area contributed by atoms with Crippen LogP contribution in [0.4, 0.5) is 0 Å². The van der Waals surface area contributed by atoms with E-state index >= 15 is 0 Å². The van der Waals surface area contributed by atoms with Gasteiger partial charge in [0.05, 0.1) is 6.17 Å². The fraction of sp³-hybridized carbons (Fsp3) is 0.657. The molecule has 0 saturated carbocycles. The van der Waals surface area contributed by atoms with E-state index in [1.165, 1.54) is 11.1 Å². The van der Waals surface area contributed by atoms with Crippen LogP contribution in [0.3, 0.4) is 0 Å². The fourth-order valence-corrected chi connectivity index (χ4v) is 5.45. The first-order valence-electron chi connectivity index (χ1n) is 15.1. The first kappa shape index (κ1) is 32.4. The normalized spacial score (nSPS) is 19.2. The summed E-state index contributed by atoms with van der Waals surface area (Å²) in [7, 11) is 0. The summed E-state index contributed by atoms with van der Waals surface area (Å²) in [6, 6.07) is 8.87. The van der Waals surface area contributed by atoms with E-state index in [-0.39, 0.29) is 33.9 Å². The quantitative estimate of drug-likeness (QED) is 0.262. The number of phenols is 2. The van der Waals surface area contributed by atoms with Crippen LogP contribution in [-0.2, 0) is 34.7 Å². The highest BCUT2D eigenvalue weighted by Crippen LogP contribution is 2.39. The van der Waals surface area contributed by atoms with Crippen molar-refractivity contribution in [3.05, 3.63) is 57.6 Å². The second-order valence-corrected chi connectivity index (χ2v) is 16.0. The molecule has 40 heavy (non-hydrogen) atoms. The highest BCUT2D eigenvalue weighted by Gasteiger charge is 2.29. The van der Waals surface area contributed by atoms with Gasteiger partial charge in [0, 0.05) is 30.3 Å².